The van der Waals surface area contributed by atoms with E-state index in [1.54, 1.807) is 30.9 Å². The smallest absolute Gasteiger partial charge is 0.272 e. The Bertz CT molecular complexity index is 1170. The third-order valence-electron chi connectivity index (χ3n) is 5.12. The van der Waals surface area contributed by atoms with Crippen LogP contribution in [0.2, 0.25) is 5.02 Å². The van der Waals surface area contributed by atoms with Crippen LogP contribution in [0.3, 0.4) is 0 Å². The standard InChI is InChI=1S/C23H29ClN4O4/c1-6-17(12-31-5)26-22(29)19-20(32-14(2)3)18-21(27(19)4)25-13-28(23(18)30)11-15-8-7-9-16(24)10-15/h7-10,13-14,17H,6,11-12H2,1-5H3,(H,26,29). The number of carbonyl (C=O) groups is 1. The number of aryl methyl sites for hydroxylation is 1. The zero-order chi connectivity index (χ0) is 23.4. The molecule has 9 heteroatoms. The lowest BCUT2D eigenvalue weighted by Gasteiger charge is -2.17. The number of amides is 1. The minimum Gasteiger partial charge on any atom is -0.488 e. The summed E-state index contributed by atoms with van der Waals surface area (Å²) < 4.78 is 14.3. The van der Waals surface area contributed by atoms with E-state index in [1.807, 2.05) is 32.9 Å². The molecule has 0 radical (unpaired) electrons. The highest BCUT2D eigenvalue weighted by Gasteiger charge is 2.28. The number of fused-ring (bicyclic) bond motifs is 1. The van der Waals surface area contributed by atoms with Gasteiger partial charge >= 0.3 is 0 Å². The number of hydrogen-bond acceptors (Lipinski definition) is 5. The van der Waals surface area contributed by atoms with E-state index in [1.165, 1.54) is 10.9 Å². The summed E-state index contributed by atoms with van der Waals surface area (Å²) in [6.07, 6.45) is 1.94. The van der Waals surface area contributed by atoms with Gasteiger partial charge in [0.1, 0.15) is 11.7 Å². The number of aromatic nitrogens is 3. The van der Waals surface area contributed by atoms with Crippen molar-refractivity contribution in [2.24, 2.45) is 7.05 Å². The van der Waals surface area contributed by atoms with Gasteiger partial charge in [0.05, 0.1) is 25.3 Å². The van der Waals surface area contributed by atoms with Crippen molar-refractivity contribution in [3.8, 4) is 5.75 Å². The Morgan fingerprint density at radius 2 is 2.06 bits per heavy atom. The Kier molecular flexibility index (Phi) is 7.58. The maximum Gasteiger partial charge on any atom is 0.272 e. The summed E-state index contributed by atoms with van der Waals surface area (Å²) >= 11 is 6.08. The molecule has 1 unspecified atom stereocenters. The largest absolute Gasteiger partial charge is 0.488 e. The minimum atomic E-state index is -0.342. The van der Waals surface area contributed by atoms with Crippen molar-refractivity contribution in [2.45, 2.75) is 45.9 Å². The van der Waals surface area contributed by atoms with E-state index in [0.717, 1.165) is 5.56 Å². The van der Waals surface area contributed by atoms with Gasteiger partial charge < -0.3 is 19.4 Å². The Balaban J connectivity index is 2.12. The van der Waals surface area contributed by atoms with Crippen LogP contribution in [0.15, 0.2) is 35.4 Å². The van der Waals surface area contributed by atoms with Gasteiger partial charge in [0.2, 0.25) is 0 Å². The fraction of sp³-hybridized carbons (Fsp3) is 0.435. The van der Waals surface area contributed by atoms with Crippen LogP contribution >= 0.6 is 11.6 Å². The van der Waals surface area contributed by atoms with E-state index in [2.05, 4.69) is 10.3 Å². The molecule has 3 aromatic rings. The molecule has 1 amide bonds. The Morgan fingerprint density at radius 3 is 2.69 bits per heavy atom. The normalized spacial score (nSPS) is 12.3. The third-order valence-corrected chi connectivity index (χ3v) is 5.35. The molecule has 172 valence electrons. The molecule has 8 nitrogen and oxygen atoms in total. The van der Waals surface area contributed by atoms with E-state index >= 15 is 0 Å². The topological polar surface area (TPSA) is 87.4 Å². The number of hydrogen-bond donors (Lipinski definition) is 1. The zero-order valence-electron chi connectivity index (χ0n) is 19.0. The molecule has 0 saturated heterocycles. The highest BCUT2D eigenvalue weighted by atomic mass is 35.5. The predicted molar refractivity (Wildman–Crippen MR) is 125 cm³/mol. The molecule has 1 aromatic carbocycles. The fourth-order valence-electron chi connectivity index (χ4n) is 3.58. The molecule has 32 heavy (non-hydrogen) atoms. The molecular formula is C23H29ClN4O4. The molecule has 0 aliphatic heterocycles. The van der Waals surface area contributed by atoms with Gasteiger partial charge in [0.15, 0.2) is 17.1 Å². The average Bonchev–Trinajstić information content (AvgIpc) is 3.01. The van der Waals surface area contributed by atoms with Gasteiger partial charge in [-0.15, -0.1) is 0 Å². The first-order valence-corrected chi connectivity index (χ1v) is 10.9. The van der Waals surface area contributed by atoms with Crippen LogP contribution in [0, 0.1) is 0 Å². The summed E-state index contributed by atoms with van der Waals surface area (Å²) in [5, 5.41) is 3.83. The minimum absolute atomic E-state index is 0.162. The van der Waals surface area contributed by atoms with Crippen LogP contribution in [0.4, 0.5) is 0 Å². The highest BCUT2D eigenvalue weighted by molar-refractivity contribution is 6.30. The second-order valence-corrected chi connectivity index (χ2v) is 8.38. The molecular weight excluding hydrogens is 432 g/mol. The number of nitrogens with zero attached hydrogens (tertiary/aromatic N) is 3. The maximum absolute atomic E-state index is 13.4. The molecule has 0 fully saturated rings. The van der Waals surface area contributed by atoms with Crippen LogP contribution < -0.4 is 15.6 Å². The van der Waals surface area contributed by atoms with Gasteiger partial charge in [0, 0.05) is 19.2 Å². The van der Waals surface area contributed by atoms with Gasteiger partial charge in [-0.1, -0.05) is 30.7 Å². The molecule has 0 saturated carbocycles. The van der Waals surface area contributed by atoms with Crippen molar-refractivity contribution in [1.82, 2.24) is 19.4 Å². The first kappa shape index (κ1) is 23.8. The Labute approximate surface area is 192 Å². The van der Waals surface area contributed by atoms with E-state index < -0.39 is 0 Å². The van der Waals surface area contributed by atoms with Gasteiger partial charge in [0.25, 0.3) is 11.5 Å². The molecule has 1 atom stereocenters. The van der Waals surface area contributed by atoms with Gasteiger partial charge in [-0.05, 0) is 38.0 Å². The van der Waals surface area contributed by atoms with Crippen LogP contribution in [-0.4, -0.2) is 45.9 Å². The third kappa shape index (κ3) is 4.97. The number of ether oxygens (including phenoxy) is 2. The lowest BCUT2D eigenvalue weighted by atomic mass is 10.2. The van der Waals surface area contributed by atoms with Crippen molar-refractivity contribution in [1.29, 1.82) is 0 Å². The summed E-state index contributed by atoms with van der Waals surface area (Å²) in [5.41, 5.74) is 1.22. The number of nitrogens with one attached hydrogen (secondary N) is 1. The fourth-order valence-corrected chi connectivity index (χ4v) is 3.79. The predicted octanol–water partition coefficient (Wildman–Crippen LogP) is 3.38. The first-order chi connectivity index (χ1) is 15.3. The number of methoxy groups -OCH3 is 1. The number of benzene rings is 1. The van der Waals surface area contributed by atoms with Crippen molar-refractivity contribution in [3.05, 3.63) is 57.2 Å². The molecule has 0 aliphatic rings. The second kappa shape index (κ2) is 10.2. The van der Waals surface area contributed by atoms with Gasteiger partial charge in [-0.3, -0.25) is 14.2 Å². The maximum atomic E-state index is 13.4. The van der Waals surface area contributed by atoms with Crippen LogP contribution in [0.1, 0.15) is 43.2 Å². The summed E-state index contributed by atoms with van der Waals surface area (Å²) in [5.74, 6) is -0.106. The van der Waals surface area contributed by atoms with Crippen molar-refractivity contribution in [2.75, 3.05) is 13.7 Å². The molecule has 2 aromatic heterocycles. The highest BCUT2D eigenvalue weighted by Crippen LogP contribution is 2.30. The van der Waals surface area contributed by atoms with Gasteiger partial charge in [-0.2, -0.15) is 0 Å². The summed E-state index contributed by atoms with van der Waals surface area (Å²) in [7, 11) is 3.29. The molecule has 0 aliphatic carbocycles. The van der Waals surface area contributed by atoms with Crippen molar-refractivity contribution < 1.29 is 14.3 Å². The zero-order valence-corrected chi connectivity index (χ0v) is 19.8. The molecule has 0 bridgehead atoms. The van der Waals surface area contributed by atoms with Crippen LogP contribution in [0.25, 0.3) is 11.0 Å². The monoisotopic (exact) mass is 460 g/mol. The average molecular weight is 461 g/mol. The van der Waals surface area contributed by atoms with E-state index in [4.69, 9.17) is 21.1 Å². The molecule has 1 N–H and O–H groups in total. The van der Waals surface area contributed by atoms with Crippen LogP contribution in [0.5, 0.6) is 5.75 Å². The second-order valence-electron chi connectivity index (χ2n) is 7.94. The Morgan fingerprint density at radius 1 is 1.31 bits per heavy atom. The summed E-state index contributed by atoms with van der Waals surface area (Å²) in [6, 6.07) is 7.13. The lowest BCUT2D eigenvalue weighted by molar-refractivity contribution is 0.0881. The molecule has 2 heterocycles. The number of carbonyl (C=O) groups excluding carboxylic acids is 1. The Hall–Kier alpha value is -2.84. The first-order valence-electron chi connectivity index (χ1n) is 10.6. The van der Waals surface area contributed by atoms with Gasteiger partial charge in [-0.25, -0.2) is 4.98 Å². The SMILES string of the molecule is CCC(COC)NC(=O)c1c(OC(C)C)c2c(=O)n(Cc3cccc(Cl)c3)cnc2n1C. The lowest BCUT2D eigenvalue weighted by Crippen LogP contribution is -2.38. The molecule has 3 rings (SSSR count). The molecule has 0 spiro atoms. The number of halogens is 1. The van der Waals surface area contributed by atoms with E-state index in [9.17, 15) is 9.59 Å². The quantitative estimate of drug-likeness (QED) is 0.529. The number of rotatable bonds is 9. The van der Waals surface area contributed by atoms with Crippen LogP contribution in [-0.2, 0) is 18.3 Å². The van der Waals surface area contributed by atoms with Crippen molar-refractivity contribution in [3.63, 3.8) is 0 Å². The van der Waals surface area contributed by atoms with E-state index in [0.29, 0.717) is 30.2 Å². The summed E-state index contributed by atoms with van der Waals surface area (Å²) in [6.45, 7) is 6.35. The van der Waals surface area contributed by atoms with Crippen molar-refractivity contribution >= 4 is 28.5 Å². The van der Waals surface area contributed by atoms with E-state index in [-0.39, 0.29) is 40.4 Å². The summed E-state index contributed by atoms with van der Waals surface area (Å²) in [4.78, 5) is 31.1.